The molecule has 2 rings (SSSR count). The standard InChI is InChI=1S/C10H8O4S2/c1-2-14-9(13)6-4-15-10-5(6)3-7(16-10)8(11)12/h3-4H,2H2,1H3,(H,11,12). The number of aromatic carboxylic acids is 1. The molecule has 16 heavy (non-hydrogen) atoms. The van der Waals surface area contributed by atoms with Gasteiger partial charge in [0.2, 0.25) is 0 Å². The Hall–Kier alpha value is -1.40. The summed E-state index contributed by atoms with van der Waals surface area (Å²) in [6.45, 7) is 2.05. The predicted octanol–water partition coefficient (Wildman–Crippen LogP) is 2.84. The van der Waals surface area contributed by atoms with Crippen LogP contribution in [0.3, 0.4) is 0 Å². The van der Waals surface area contributed by atoms with Gasteiger partial charge in [0.1, 0.15) is 4.88 Å². The highest BCUT2D eigenvalue weighted by Gasteiger charge is 2.17. The number of esters is 1. The van der Waals surface area contributed by atoms with Crippen molar-refractivity contribution in [1.29, 1.82) is 0 Å². The van der Waals surface area contributed by atoms with Gasteiger partial charge in [0.25, 0.3) is 0 Å². The first kappa shape index (κ1) is 11.1. The highest BCUT2D eigenvalue weighted by atomic mass is 32.2. The number of ether oxygens (including phenoxy) is 1. The maximum Gasteiger partial charge on any atom is 0.345 e. The van der Waals surface area contributed by atoms with E-state index in [4.69, 9.17) is 9.84 Å². The lowest BCUT2D eigenvalue weighted by Gasteiger charge is -1.97. The molecule has 2 aromatic heterocycles. The van der Waals surface area contributed by atoms with E-state index >= 15 is 0 Å². The molecule has 84 valence electrons. The van der Waals surface area contributed by atoms with Crippen LogP contribution in [0.15, 0.2) is 11.4 Å². The molecule has 2 heterocycles. The van der Waals surface area contributed by atoms with Crippen LogP contribution in [0, 0.1) is 0 Å². The number of carboxylic acids is 1. The van der Waals surface area contributed by atoms with E-state index in [1.165, 1.54) is 28.7 Å². The van der Waals surface area contributed by atoms with Gasteiger partial charge in [-0.3, -0.25) is 0 Å². The van der Waals surface area contributed by atoms with Gasteiger partial charge in [-0.1, -0.05) is 0 Å². The summed E-state index contributed by atoms with van der Waals surface area (Å²) in [6.07, 6.45) is 0. The van der Waals surface area contributed by atoms with Crippen molar-refractivity contribution in [2.75, 3.05) is 6.61 Å². The van der Waals surface area contributed by atoms with Crippen LogP contribution in [0.1, 0.15) is 27.0 Å². The van der Waals surface area contributed by atoms with Crippen molar-refractivity contribution in [2.45, 2.75) is 6.92 Å². The molecule has 6 heteroatoms. The Kier molecular flexibility index (Phi) is 2.93. The van der Waals surface area contributed by atoms with Crippen LogP contribution in [0.25, 0.3) is 9.40 Å². The number of hydrogen-bond donors (Lipinski definition) is 1. The van der Waals surface area contributed by atoms with Gasteiger partial charge in [0, 0.05) is 10.8 Å². The molecule has 0 spiro atoms. The molecular formula is C10H8O4S2. The monoisotopic (exact) mass is 256 g/mol. The van der Waals surface area contributed by atoms with E-state index < -0.39 is 11.9 Å². The summed E-state index contributed by atoms with van der Waals surface area (Å²) in [5.41, 5.74) is 0.450. The fourth-order valence-corrected chi connectivity index (χ4v) is 3.39. The van der Waals surface area contributed by atoms with E-state index in [9.17, 15) is 9.59 Å². The van der Waals surface area contributed by atoms with E-state index in [0.717, 1.165) is 4.01 Å². The molecule has 0 aliphatic heterocycles. The molecule has 1 N–H and O–H groups in total. The fraction of sp³-hybridized carbons (Fsp3) is 0.200. The van der Waals surface area contributed by atoms with Crippen molar-refractivity contribution < 1.29 is 19.4 Å². The topological polar surface area (TPSA) is 63.6 Å². The number of carboxylic acid groups (broad SMARTS) is 1. The van der Waals surface area contributed by atoms with Crippen molar-refractivity contribution in [3.05, 3.63) is 21.9 Å². The maximum absolute atomic E-state index is 11.5. The minimum absolute atomic E-state index is 0.243. The summed E-state index contributed by atoms with van der Waals surface area (Å²) < 4.78 is 5.72. The van der Waals surface area contributed by atoms with Crippen LogP contribution in [-0.2, 0) is 4.74 Å². The third kappa shape index (κ3) is 1.81. The molecule has 0 unspecified atom stereocenters. The van der Waals surface area contributed by atoms with Crippen LogP contribution in [0.4, 0.5) is 0 Å². The third-order valence-corrected chi connectivity index (χ3v) is 4.22. The summed E-state index contributed by atoms with van der Waals surface area (Å²) >= 11 is 2.53. The molecule has 2 aromatic rings. The number of rotatable bonds is 3. The molecule has 0 saturated carbocycles. The van der Waals surface area contributed by atoms with Crippen molar-refractivity contribution in [3.63, 3.8) is 0 Å². The number of carbonyl (C=O) groups excluding carboxylic acids is 1. The summed E-state index contributed by atoms with van der Waals surface area (Å²) in [5.74, 6) is -1.37. The Morgan fingerprint density at radius 1 is 1.50 bits per heavy atom. The molecule has 0 bridgehead atoms. The third-order valence-electron chi connectivity index (χ3n) is 1.98. The van der Waals surface area contributed by atoms with Crippen molar-refractivity contribution in [2.24, 2.45) is 0 Å². The zero-order valence-corrected chi connectivity index (χ0v) is 9.98. The maximum atomic E-state index is 11.5. The van der Waals surface area contributed by atoms with Gasteiger partial charge >= 0.3 is 11.9 Å². The van der Waals surface area contributed by atoms with E-state index in [1.54, 1.807) is 12.3 Å². The van der Waals surface area contributed by atoms with Gasteiger partial charge in [0.15, 0.2) is 0 Å². The van der Waals surface area contributed by atoms with Gasteiger partial charge in [-0.15, -0.1) is 22.7 Å². The lowest BCUT2D eigenvalue weighted by Crippen LogP contribution is -2.03. The molecule has 0 saturated heterocycles. The van der Waals surface area contributed by atoms with E-state index in [1.807, 2.05) is 0 Å². The SMILES string of the molecule is CCOC(=O)c1csc2sc(C(=O)O)cc12. The Bertz CT molecular complexity index is 552. The smallest absolute Gasteiger partial charge is 0.345 e. The van der Waals surface area contributed by atoms with Gasteiger partial charge in [-0.25, -0.2) is 9.59 Å². The lowest BCUT2D eigenvalue weighted by atomic mass is 10.2. The molecule has 4 nitrogen and oxygen atoms in total. The number of thiophene rings is 2. The van der Waals surface area contributed by atoms with Crippen molar-refractivity contribution in [1.82, 2.24) is 0 Å². The molecule has 0 aliphatic carbocycles. The summed E-state index contributed by atoms with van der Waals surface area (Å²) in [6, 6.07) is 1.52. The predicted molar refractivity (Wildman–Crippen MR) is 62.6 cm³/mol. The van der Waals surface area contributed by atoms with Crippen LogP contribution >= 0.6 is 22.7 Å². The molecule has 0 atom stereocenters. The summed E-state index contributed by atoms with van der Waals surface area (Å²) in [5, 5.41) is 11.2. The number of carbonyl (C=O) groups is 2. The minimum atomic E-state index is -0.969. The van der Waals surface area contributed by atoms with Crippen LogP contribution in [0.2, 0.25) is 0 Å². The lowest BCUT2D eigenvalue weighted by molar-refractivity contribution is 0.0528. The Morgan fingerprint density at radius 2 is 2.25 bits per heavy atom. The second-order valence-electron chi connectivity index (χ2n) is 2.99. The first-order chi connectivity index (χ1) is 7.63. The molecule has 0 aliphatic rings. The van der Waals surface area contributed by atoms with Gasteiger partial charge in [-0.05, 0) is 13.0 Å². The summed E-state index contributed by atoms with van der Waals surface area (Å²) in [4.78, 5) is 22.6. The van der Waals surface area contributed by atoms with E-state index in [-0.39, 0.29) is 4.88 Å². The van der Waals surface area contributed by atoms with Gasteiger partial charge in [0.05, 0.1) is 16.2 Å². The molecule has 0 fully saturated rings. The van der Waals surface area contributed by atoms with Crippen LogP contribution in [-0.4, -0.2) is 23.7 Å². The minimum Gasteiger partial charge on any atom is -0.477 e. The quantitative estimate of drug-likeness (QED) is 0.858. The van der Waals surface area contributed by atoms with Crippen molar-refractivity contribution >= 4 is 44.0 Å². The zero-order chi connectivity index (χ0) is 11.7. The van der Waals surface area contributed by atoms with E-state index in [0.29, 0.717) is 17.6 Å². The van der Waals surface area contributed by atoms with Gasteiger partial charge in [-0.2, -0.15) is 0 Å². The Balaban J connectivity index is 2.47. The number of hydrogen-bond acceptors (Lipinski definition) is 5. The Morgan fingerprint density at radius 3 is 2.88 bits per heavy atom. The van der Waals surface area contributed by atoms with Crippen LogP contribution in [0.5, 0.6) is 0 Å². The second-order valence-corrected chi connectivity index (χ2v) is 5.18. The zero-order valence-electron chi connectivity index (χ0n) is 8.35. The van der Waals surface area contributed by atoms with Crippen LogP contribution < -0.4 is 0 Å². The average Bonchev–Trinajstić information content (AvgIpc) is 2.75. The Labute approximate surface area is 99.1 Å². The normalized spacial score (nSPS) is 10.6. The first-order valence-electron chi connectivity index (χ1n) is 4.55. The highest BCUT2D eigenvalue weighted by Crippen LogP contribution is 2.34. The highest BCUT2D eigenvalue weighted by molar-refractivity contribution is 7.38. The largest absolute Gasteiger partial charge is 0.477 e. The first-order valence-corrected chi connectivity index (χ1v) is 6.24. The molecule has 0 amide bonds. The second kappa shape index (κ2) is 4.23. The number of fused-ring (bicyclic) bond motifs is 1. The average molecular weight is 256 g/mol. The fourth-order valence-electron chi connectivity index (χ4n) is 1.30. The van der Waals surface area contributed by atoms with Gasteiger partial charge < -0.3 is 9.84 Å². The summed E-state index contributed by atoms with van der Waals surface area (Å²) in [7, 11) is 0. The molecule has 0 radical (unpaired) electrons. The molecular weight excluding hydrogens is 248 g/mol. The van der Waals surface area contributed by atoms with Crippen molar-refractivity contribution in [3.8, 4) is 0 Å². The molecule has 0 aromatic carbocycles. The van der Waals surface area contributed by atoms with E-state index in [2.05, 4.69) is 0 Å².